The maximum Gasteiger partial charge on any atom is 0.226 e. The highest BCUT2D eigenvalue weighted by Gasteiger charge is 2.57. The zero-order valence-electron chi connectivity index (χ0n) is 33.5. The first-order chi connectivity index (χ1) is 29.7. The Bertz CT molecular complexity index is 2630. The van der Waals surface area contributed by atoms with Crippen molar-refractivity contribution in [2.75, 3.05) is 17.2 Å². The van der Waals surface area contributed by atoms with Crippen LogP contribution in [0.4, 0.5) is 11.6 Å². The highest BCUT2D eigenvalue weighted by atomic mass is 35.5. The molecule has 0 spiro atoms. The second kappa shape index (κ2) is 17.0. The molecule has 0 saturated carbocycles. The standard InChI is InChI=1S/C20H21Cl2N5O4.C20H19Cl2N5O4/c2*1-20(2)30-14-13(9-28)29-18(15(14)31-20)27-17-11(8-24-27)16(25-19(22)26-17)23-7-10-5-3-4-6-12(10)21/h3-6,8,13-15,18,28H,7,9H2,1-2H3,(H,23,25,26);3-6,8-9,13-15,18H,7H2,1-2H3,(H,23,25,26)/t2*13-,14-,15-,18-/m11/s1. The van der Waals surface area contributed by atoms with Crippen LogP contribution < -0.4 is 10.6 Å². The molecular formula is C40H40Cl4N10O8. The quantitative estimate of drug-likeness (QED) is 0.0989. The van der Waals surface area contributed by atoms with Crippen molar-refractivity contribution in [3.8, 4) is 0 Å². The smallest absolute Gasteiger partial charge is 0.226 e. The van der Waals surface area contributed by atoms with E-state index in [0.29, 0.717) is 63.1 Å². The number of halogens is 4. The number of ether oxygens (including phenoxy) is 6. The largest absolute Gasteiger partial charge is 0.394 e. The fraction of sp³-hybridized carbons (Fsp3) is 0.425. The average molecular weight is 931 g/mol. The fourth-order valence-corrected chi connectivity index (χ4v) is 8.73. The Kier molecular flexibility index (Phi) is 11.8. The summed E-state index contributed by atoms with van der Waals surface area (Å²) < 4.78 is 38.9. The highest BCUT2D eigenvalue weighted by Crippen LogP contribution is 2.45. The highest BCUT2D eigenvalue weighted by molar-refractivity contribution is 6.31. The van der Waals surface area contributed by atoms with Crippen molar-refractivity contribution in [1.29, 1.82) is 0 Å². The first kappa shape index (κ1) is 43.0. The second-order valence-corrected chi connectivity index (χ2v) is 17.2. The van der Waals surface area contributed by atoms with Crippen LogP contribution >= 0.6 is 46.4 Å². The molecule has 0 radical (unpaired) electrons. The molecule has 22 heteroatoms. The van der Waals surface area contributed by atoms with Gasteiger partial charge < -0.3 is 49.0 Å². The number of fused-ring (bicyclic) bond motifs is 4. The predicted octanol–water partition coefficient (Wildman–Crippen LogP) is 6.52. The van der Waals surface area contributed by atoms with Crippen LogP contribution in [-0.4, -0.2) is 106 Å². The topological polar surface area (TPSA) is 204 Å². The molecule has 326 valence electrons. The molecule has 8 heterocycles. The molecule has 6 aromatic rings. The van der Waals surface area contributed by atoms with Crippen LogP contribution in [0.2, 0.25) is 20.6 Å². The van der Waals surface area contributed by atoms with Crippen LogP contribution in [0, 0.1) is 0 Å². The molecule has 0 aliphatic carbocycles. The van der Waals surface area contributed by atoms with Crippen molar-refractivity contribution in [2.45, 2.75) is 101 Å². The number of rotatable bonds is 10. The summed E-state index contributed by atoms with van der Waals surface area (Å²) in [6.07, 6.45) is -0.605. The van der Waals surface area contributed by atoms with Crippen molar-refractivity contribution in [3.05, 3.63) is 92.7 Å². The van der Waals surface area contributed by atoms with Crippen molar-refractivity contribution >= 4 is 86.4 Å². The van der Waals surface area contributed by atoms with Crippen molar-refractivity contribution in [1.82, 2.24) is 39.5 Å². The molecule has 3 N–H and O–H groups in total. The van der Waals surface area contributed by atoms with Gasteiger partial charge in [0.05, 0.1) is 29.8 Å². The fourth-order valence-electron chi connectivity index (χ4n) is 8.00. The van der Waals surface area contributed by atoms with Gasteiger partial charge in [0.15, 0.2) is 41.6 Å². The van der Waals surface area contributed by atoms with Gasteiger partial charge in [-0.1, -0.05) is 59.6 Å². The lowest BCUT2D eigenvalue weighted by Gasteiger charge is -2.23. The minimum Gasteiger partial charge on any atom is -0.394 e. The Balaban J connectivity index is 0.000000158. The van der Waals surface area contributed by atoms with E-state index in [2.05, 4.69) is 40.8 Å². The van der Waals surface area contributed by atoms with Crippen LogP contribution in [0.3, 0.4) is 0 Å². The maximum atomic E-state index is 11.5. The summed E-state index contributed by atoms with van der Waals surface area (Å²) in [6, 6.07) is 15.1. The summed E-state index contributed by atoms with van der Waals surface area (Å²) in [5, 5.41) is 27.9. The molecule has 10 rings (SSSR count). The number of aliphatic hydroxyl groups excluding tert-OH is 1. The summed E-state index contributed by atoms with van der Waals surface area (Å²) in [6.45, 7) is 7.94. The first-order valence-electron chi connectivity index (χ1n) is 19.6. The molecule has 0 amide bonds. The molecule has 4 aliphatic heterocycles. The Labute approximate surface area is 374 Å². The van der Waals surface area contributed by atoms with Crippen molar-refractivity contribution in [3.63, 3.8) is 0 Å². The number of nitrogens with one attached hydrogen (secondary N) is 2. The molecular weight excluding hydrogens is 890 g/mol. The molecule has 4 fully saturated rings. The van der Waals surface area contributed by atoms with Crippen molar-refractivity contribution < 1.29 is 38.3 Å². The van der Waals surface area contributed by atoms with Gasteiger partial charge in [-0.2, -0.15) is 30.1 Å². The van der Waals surface area contributed by atoms with Crippen LogP contribution in [0.15, 0.2) is 60.9 Å². The number of aliphatic hydroxyl groups is 1. The molecule has 2 aromatic carbocycles. The van der Waals surface area contributed by atoms with Crippen LogP contribution in [0.5, 0.6) is 0 Å². The zero-order chi connectivity index (χ0) is 43.5. The number of aldehydes is 1. The van der Waals surface area contributed by atoms with Crippen LogP contribution in [-0.2, 0) is 46.3 Å². The third-order valence-electron chi connectivity index (χ3n) is 10.6. The Hall–Kier alpha value is -4.31. The number of aromatic nitrogens is 8. The van der Waals surface area contributed by atoms with E-state index in [9.17, 15) is 9.90 Å². The summed E-state index contributed by atoms with van der Waals surface area (Å²) in [4.78, 5) is 28.9. The van der Waals surface area contributed by atoms with Gasteiger partial charge in [0.25, 0.3) is 0 Å². The SMILES string of the molecule is CC1(C)O[C@@H]2[C@H](O1)[C@@H](C=O)O[C@H]2n1ncc2c(NCc3ccccc3Cl)nc(Cl)nc21.CC1(C)O[C@@H]2[C@H](O1)[C@@H](CO)O[C@H]2n1ncc2c(NCc3ccccc3Cl)nc(Cl)nc21. The molecule has 0 unspecified atom stereocenters. The van der Waals surface area contributed by atoms with Crippen molar-refractivity contribution in [2.24, 2.45) is 0 Å². The molecule has 4 saturated heterocycles. The number of hydrogen-bond acceptors (Lipinski definition) is 16. The number of anilines is 2. The summed E-state index contributed by atoms with van der Waals surface area (Å²) in [7, 11) is 0. The average Bonchev–Trinajstić information content (AvgIpc) is 4.08. The third kappa shape index (κ3) is 8.30. The summed E-state index contributed by atoms with van der Waals surface area (Å²) in [5.74, 6) is -0.595. The monoisotopic (exact) mass is 928 g/mol. The lowest BCUT2D eigenvalue weighted by molar-refractivity contribution is -0.201. The number of benzene rings is 2. The van der Waals surface area contributed by atoms with E-state index in [0.717, 1.165) is 11.1 Å². The van der Waals surface area contributed by atoms with E-state index in [1.54, 1.807) is 35.6 Å². The minimum absolute atomic E-state index is 0.0429. The van der Waals surface area contributed by atoms with Gasteiger partial charge in [-0.25, -0.2) is 9.36 Å². The van der Waals surface area contributed by atoms with Gasteiger partial charge in [0.1, 0.15) is 48.3 Å². The number of nitrogens with zero attached hydrogens (tertiary/aromatic N) is 8. The lowest BCUT2D eigenvalue weighted by Crippen LogP contribution is -2.31. The van der Waals surface area contributed by atoms with E-state index < -0.39 is 60.7 Å². The first-order valence-corrected chi connectivity index (χ1v) is 21.1. The van der Waals surface area contributed by atoms with Gasteiger partial charge in [0.2, 0.25) is 10.6 Å². The Morgan fingerprint density at radius 3 is 1.60 bits per heavy atom. The second-order valence-electron chi connectivity index (χ2n) is 15.7. The predicted molar refractivity (Wildman–Crippen MR) is 227 cm³/mol. The molecule has 0 bridgehead atoms. The lowest BCUT2D eigenvalue weighted by atomic mass is 10.1. The van der Waals surface area contributed by atoms with Crippen LogP contribution in [0.1, 0.15) is 51.3 Å². The van der Waals surface area contributed by atoms with E-state index in [1.165, 1.54) is 0 Å². The molecule has 62 heavy (non-hydrogen) atoms. The minimum atomic E-state index is -0.837. The van der Waals surface area contributed by atoms with Gasteiger partial charge >= 0.3 is 0 Å². The molecule has 4 aromatic heterocycles. The van der Waals surface area contributed by atoms with Gasteiger partial charge in [-0.3, -0.25) is 0 Å². The summed E-state index contributed by atoms with van der Waals surface area (Å²) >= 11 is 24.9. The number of carbonyl (C=O) groups is 1. The Morgan fingerprint density at radius 1 is 0.661 bits per heavy atom. The van der Waals surface area contributed by atoms with E-state index in [4.69, 9.17) is 74.8 Å². The number of carbonyl (C=O) groups excluding carboxylic acids is 1. The van der Waals surface area contributed by atoms with Crippen LogP contribution in [0.25, 0.3) is 22.1 Å². The van der Waals surface area contributed by atoms with E-state index in [-0.39, 0.29) is 17.2 Å². The molecule has 18 nitrogen and oxygen atoms in total. The summed E-state index contributed by atoms with van der Waals surface area (Å²) in [5.41, 5.74) is 2.77. The zero-order valence-corrected chi connectivity index (χ0v) is 36.5. The van der Waals surface area contributed by atoms with Gasteiger partial charge in [0, 0.05) is 23.1 Å². The normalized spacial score (nSPS) is 26.9. The Morgan fingerprint density at radius 2 is 1.11 bits per heavy atom. The van der Waals surface area contributed by atoms with Gasteiger partial charge in [-0.15, -0.1) is 0 Å². The molecule has 8 atom stereocenters. The van der Waals surface area contributed by atoms with Gasteiger partial charge in [-0.05, 0) is 74.2 Å². The number of hydrogen-bond donors (Lipinski definition) is 3. The van der Waals surface area contributed by atoms with E-state index >= 15 is 0 Å². The van der Waals surface area contributed by atoms with E-state index in [1.807, 2.05) is 62.4 Å². The molecule has 4 aliphatic rings. The maximum absolute atomic E-state index is 11.5. The third-order valence-corrected chi connectivity index (χ3v) is 11.7.